The van der Waals surface area contributed by atoms with Crippen molar-refractivity contribution in [1.29, 1.82) is 0 Å². The molecule has 0 fully saturated rings. The molecule has 6 heteroatoms. The molecule has 1 rings (SSSR count). The average Bonchev–Trinajstić information content (AvgIpc) is 2.03. The van der Waals surface area contributed by atoms with E-state index in [1.165, 1.54) is 0 Å². The molecule has 0 saturated carbocycles. The summed E-state index contributed by atoms with van der Waals surface area (Å²) in [5.74, 6) is -1.42. The number of hydrogen-bond donors (Lipinski definition) is 1. The Hall–Kier alpha value is -1.85. The Balaban J connectivity index is 3.15. The Morgan fingerprint density at radius 3 is 2.91 bits per heavy atom. The molecular weight excluding hydrogens is 150 g/mol. The number of rotatable bonds is 1. The van der Waals surface area contributed by atoms with E-state index in [1.54, 1.807) is 0 Å². The molecule has 0 aromatic carbocycles. The van der Waals surface area contributed by atoms with E-state index in [9.17, 15) is 14.5 Å². The summed E-state index contributed by atoms with van der Waals surface area (Å²) in [5.41, 5.74) is -0.494. The lowest BCUT2D eigenvalue weighted by molar-refractivity contribution is 0.0990. The summed E-state index contributed by atoms with van der Waals surface area (Å²) in [5, 5.41) is 2.08. The van der Waals surface area contributed by atoms with Crippen LogP contribution in [0.15, 0.2) is 22.2 Å². The standard InChI is InChI=1S/C5H3N3O3/c9-3-1-2-6-4(7-3)5(10)8-11/h1-2H,(H,6,7,9). The van der Waals surface area contributed by atoms with Crippen molar-refractivity contribution in [2.75, 3.05) is 0 Å². The van der Waals surface area contributed by atoms with E-state index in [-0.39, 0.29) is 5.82 Å². The maximum atomic E-state index is 10.5. The van der Waals surface area contributed by atoms with E-state index in [1.807, 2.05) is 4.98 Å². The number of hydrogen-bond acceptors (Lipinski definition) is 4. The first-order valence-electron chi connectivity index (χ1n) is 2.67. The first kappa shape index (κ1) is 7.26. The minimum Gasteiger partial charge on any atom is -0.302 e. The number of amides is 1. The van der Waals surface area contributed by atoms with Crippen LogP contribution in [0.2, 0.25) is 0 Å². The van der Waals surface area contributed by atoms with Crippen LogP contribution in [-0.2, 0) is 0 Å². The Morgan fingerprint density at radius 1 is 1.64 bits per heavy atom. The largest absolute Gasteiger partial charge is 0.351 e. The van der Waals surface area contributed by atoms with Crippen LogP contribution in [0, 0.1) is 4.91 Å². The molecule has 11 heavy (non-hydrogen) atoms. The van der Waals surface area contributed by atoms with Crippen LogP contribution in [-0.4, -0.2) is 15.9 Å². The number of aromatic amines is 1. The van der Waals surface area contributed by atoms with Crippen molar-refractivity contribution in [1.82, 2.24) is 9.97 Å². The second-order valence-electron chi connectivity index (χ2n) is 1.68. The van der Waals surface area contributed by atoms with Gasteiger partial charge < -0.3 is 4.98 Å². The highest BCUT2D eigenvalue weighted by Crippen LogP contribution is 1.86. The van der Waals surface area contributed by atoms with Crippen LogP contribution in [0.3, 0.4) is 0 Å². The molecule has 0 spiro atoms. The van der Waals surface area contributed by atoms with Crippen LogP contribution in [0.5, 0.6) is 0 Å². The van der Waals surface area contributed by atoms with Gasteiger partial charge in [0.05, 0.1) is 0 Å². The van der Waals surface area contributed by atoms with Gasteiger partial charge in [0.15, 0.2) is 0 Å². The van der Waals surface area contributed by atoms with Crippen molar-refractivity contribution in [3.05, 3.63) is 33.3 Å². The number of H-pyrrole nitrogens is 1. The van der Waals surface area contributed by atoms with Crippen LogP contribution in [0.4, 0.5) is 0 Å². The predicted octanol–water partition coefficient (Wildman–Crippen LogP) is -0.324. The molecule has 56 valence electrons. The summed E-state index contributed by atoms with van der Waals surface area (Å²) in [6.45, 7) is 0. The third-order valence-electron chi connectivity index (χ3n) is 0.957. The Morgan fingerprint density at radius 2 is 2.36 bits per heavy atom. The number of nitrogens with one attached hydrogen (secondary N) is 1. The predicted molar refractivity (Wildman–Crippen MR) is 35.0 cm³/mol. The van der Waals surface area contributed by atoms with Gasteiger partial charge in [0.25, 0.3) is 5.56 Å². The van der Waals surface area contributed by atoms with Gasteiger partial charge in [-0.1, -0.05) is 0 Å². The molecule has 6 nitrogen and oxygen atoms in total. The number of carbonyl (C=O) groups is 1. The van der Waals surface area contributed by atoms with E-state index in [0.29, 0.717) is 0 Å². The zero-order valence-electron chi connectivity index (χ0n) is 5.27. The molecular formula is C5H3N3O3. The molecule has 0 aliphatic carbocycles. The van der Waals surface area contributed by atoms with Crippen LogP contribution in [0.25, 0.3) is 0 Å². The number of aromatic nitrogens is 2. The first-order chi connectivity index (χ1) is 5.24. The van der Waals surface area contributed by atoms with Crippen molar-refractivity contribution in [3.8, 4) is 0 Å². The Kier molecular flexibility index (Phi) is 1.86. The molecule has 0 atom stereocenters. The van der Waals surface area contributed by atoms with E-state index in [4.69, 9.17) is 0 Å². The molecule has 1 amide bonds. The average molecular weight is 153 g/mol. The Labute approximate surface area is 60.3 Å². The van der Waals surface area contributed by atoms with Gasteiger partial charge in [-0.3, -0.25) is 9.59 Å². The topological polar surface area (TPSA) is 92.2 Å². The molecule has 0 aliphatic heterocycles. The van der Waals surface area contributed by atoms with E-state index in [0.717, 1.165) is 12.3 Å². The summed E-state index contributed by atoms with van der Waals surface area (Å²) in [4.78, 5) is 36.1. The number of carbonyl (C=O) groups excluding carboxylic acids is 1. The zero-order valence-corrected chi connectivity index (χ0v) is 5.27. The van der Waals surface area contributed by atoms with Gasteiger partial charge in [0.2, 0.25) is 5.82 Å². The minimum atomic E-state index is -1.08. The van der Waals surface area contributed by atoms with Gasteiger partial charge >= 0.3 is 5.91 Å². The summed E-state index contributed by atoms with van der Waals surface area (Å²) in [7, 11) is 0. The van der Waals surface area contributed by atoms with Crippen molar-refractivity contribution in [2.45, 2.75) is 0 Å². The Bertz CT molecular complexity index is 343. The monoisotopic (exact) mass is 153 g/mol. The number of nitrogens with zero attached hydrogens (tertiary/aromatic N) is 2. The lowest BCUT2D eigenvalue weighted by Gasteiger charge is -1.87. The van der Waals surface area contributed by atoms with Crippen molar-refractivity contribution < 1.29 is 4.79 Å². The molecule has 0 aliphatic rings. The van der Waals surface area contributed by atoms with Crippen LogP contribution < -0.4 is 5.56 Å². The van der Waals surface area contributed by atoms with Gasteiger partial charge in [-0.15, -0.1) is 4.91 Å². The second kappa shape index (κ2) is 2.82. The second-order valence-corrected chi connectivity index (χ2v) is 1.68. The summed E-state index contributed by atoms with van der Waals surface area (Å²) >= 11 is 0. The molecule has 1 heterocycles. The maximum Gasteiger partial charge on any atom is 0.351 e. The minimum absolute atomic E-state index is 0.340. The smallest absolute Gasteiger partial charge is 0.302 e. The summed E-state index contributed by atoms with van der Waals surface area (Å²) in [6, 6.07) is 1.13. The fourth-order valence-corrected chi connectivity index (χ4v) is 0.522. The summed E-state index contributed by atoms with van der Waals surface area (Å²) in [6.07, 6.45) is 1.12. The molecule has 1 aromatic heterocycles. The van der Waals surface area contributed by atoms with Crippen molar-refractivity contribution in [2.24, 2.45) is 5.18 Å². The van der Waals surface area contributed by atoms with Crippen molar-refractivity contribution >= 4 is 5.91 Å². The van der Waals surface area contributed by atoms with Gasteiger partial charge in [-0.25, -0.2) is 4.98 Å². The third kappa shape index (κ3) is 1.54. The van der Waals surface area contributed by atoms with E-state index >= 15 is 0 Å². The lowest BCUT2D eigenvalue weighted by atomic mass is 10.5. The molecule has 1 aromatic rings. The zero-order chi connectivity index (χ0) is 8.27. The maximum absolute atomic E-state index is 10.5. The van der Waals surface area contributed by atoms with Gasteiger partial charge in [0, 0.05) is 17.4 Å². The molecule has 0 saturated heterocycles. The molecule has 0 bridgehead atoms. The fraction of sp³-hybridized carbons (Fsp3) is 0. The van der Waals surface area contributed by atoms with Crippen LogP contribution >= 0.6 is 0 Å². The summed E-state index contributed by atoms with van der Waals surface area (Å²) < 4.78 is 0. The highest BCUT2D eigenvalue weighted by Gasteiger charge is 2.06. The SMILES string of the molecule is O=NC(=O)c1nccc(=O)[nH]1. The highest BCUT2D eigenvalue weighted by atomic mass is 16.3. The van der Waals surface area contributed by atoms with Gasteiger partial charge in [-0.05, 0) is 0 Å². The normalized spacial score (nSPS) is 9.09. The third-order valence-corrected chi connectivity index (χ3v) is 0.957. The van der Waals surface area contributed by atoms with Gasteiger partial charge in [-0.2, -0.15) is 0 Å². The first-order valence-corrected chi connectivity index (χ1v) is 2.67. The quantitative estimate of drug-likeness (QED) is 0.559. The van der Waals surface area contributed by atoms with E-state index in [2.05, 4.69) is 10.2 Å². The lowest BCUT2D eigenvalue weighted by Crippen LogP contribution is -2.11. The molecule has 0 unspecified atom stereocenters. The fourth-order valence-electron chi connectivity index (χ4n) is 0.522. The number of nitroso groups, excluding NO2 is 1. The molecule has 0 radical (unpaired) electrons. The van der Waals surface area contributed by atoms with E-state index < -0.39 is 11.5 Å². The van der Waals surface area contributed by atoms with Gasteiger partial charge in [0.1, 0.15) is 0 Å². The van der Waals surface area contributed by atoms with Crippen molar-refractivity contribution in [3.63, 3.8) is 0 Å². The van der Waals surface area contributed by atoms with Crippen LogP contribution in [0.1, 0.15) is 10.6 Å². The molecule has 1 N–H and O–H groups in total. The highest BCUT2D eigenvalue weighted by molar-refractivity contribution is 5.90.